The Balaban J connectivity index is 1.74. The predicted octanol–water partition coefficient (Wildman–Crippen LogP) is 3.40. The molecule has 2 aromatic carbocycles. The van der Waals surface area contributed by atoms with E-state index in [2.05, 4.69) is 19.1 Å². The number of nitrogens with zero attached hydrogens (tertiary/aromatic N) is 1. The van der Waals surface area contributed by atoms with Gasteiger partial charge in [-0.05, 0) is 37.0 Å². The maximum Gasteiger partial charge on any atom is 0.227 e. The Morgan fingerprint density at radius 2 is 1.91 bits per heavy atom. The molecule has 114 valence electrons. The molecule has 0 spiro atoms. The molecule has 22 heavy (non-hydrogen) atoms. The van der Waals surface area contributed by atoms with E-state index < -0.39 is 6.10 Å². The molecule has 1 atom stereocenters. The highest BCUT2D eigenvalue weighted by atomic mass is 16.3. The summed E-state index contributed by atoms with van der Waals surface area (Å²) in [6.07, 6.45) is 1.39. The number of aliphatic hydroxyl groups excluding tert-OH is 1. The van der Waals surface area contributed by atoms with Crippen LogP contribution in [0.1, 0.15) is 35.6 Å². The molecule has 1 unspecified atom stereocenters. The van der Waals surface area contributed by atoms with E-state index in [9.17, 15) is 9.90 Å². The van der Waals surface area contributed by atoms with Crippen molar-refractivity contribution in [3.63, 3.8) is 0 Å². The van der Waals surface area contributed by atoms with Gasteiger partial charge < -0.3 is 10.0 Å². The molecule has 0 aromatic heterocycles. The van der Waals surface area contributed by atoms with Crippen LogP contribution in [0.25, 0.3) is 0 Å². The number of amides is 1. The van der Waals surface area contributed by atoms with Crippen molar-refractivity contribution < 1.29 is 9.90 Å². The van der Waals surface area contributed by atoms with Crippen LogP contribution >= 0.6 is 0 Å². The minimum atomic E-state index is -0.461. The summed E-state index contributed by atoms with van der Waals surface area (Å²) in [7, 11) is 0. The number of aliphatic hydroxyl groups is 1. The Kier molecular flexibility index (Phi) is 4.25. The minimum Gasteiger partial charge on any atom is -0.388 e. The van der Waals surface area contributed by atoms with Gasteiger partial charge in [0, 0.05) is 24.2 Å². The number of anilines is 1. The van der Waals surface area contributed by atoms with Crippen molar-refractivity contribution in [1.82, 2.24) is 0 Å². The number of hydrogen-bond donors (Lipinski definition) is 1. The Morgan fingerprint density at radius 3 is 2.73 bits per heavy atom. The lowest BCUT2D eigenvalue weighted by Gasteiger charge is -2.32. The SMILES string of the molecule is Cc1ccccc1CCC(=O)N1CCC(O)c2ccccc21. The first kappa shape index (κ1) is 14.8. The highest BCUT2D eigenvalue weighted by Gasteiger charge is 2.26. The molecule has 0 saturated heterocycles. The van der Waals surface area contributed by atoms with E-state index in [1.165, 1.54) is 11.1 Å². The number of fused-ring (bicyclic) bond motifs is 1. The van der Waals surface area contributed by atoms with Crippen LogP contribution in [0, 0.1) is 6.92 Å². The third-order valence-electron chi connectivity index (χ3n) is 4.38. The number of para-hydroxylation sites is 1. The molecule has 2 aromatic rings. The lowest BCUT2D eigenvalue weighted by atomic mass is 9.98. The number of carbonyl (C=O) groups is 1. The van der Waals surface area contributed by atoms with Crippen LogP contribution < -0.4 is 4.90 Å². The van der Waals surface area contributed by atoms with Crippen molar-refractivity contribution in [2.24, 2.45) is 0 Å². The summed E-state index contributed by atoms with van der Waals surface area (Å²) < 4.78 is 0. The summed E-state index contributed by atoms with van der Waals surface area (Å²) in [5.74, 6) is 0.127. The first-order chi connectivity index (χ1) is 10.7. The topological polar surface area (TPSA) is 40.5 Å². The van der Waals surface area contributed by atoms with Crippen LogP contribution in [0.15, 0.2) is 48.5 Å². The Bertz CT molecular complexity index is 681. The van der Waals surface area contributed by atoms with Gasteiger partial charge in [-0.15, -0.1) is 0 Å². The van der Waals surface area contributed by atoms with E-state index in [4.69, 9.17) is 0 Å². The van der Waals surface area contributed by atoms with Gasteiger partial charge in [0.1, 0.15) is 0 Å². The van der Waals surface area contributed by atoms with Gasteiger partial charge in [0.25, 0.3) is 0 Å². The molecule has 1 heterocycles. The van der Waals surface area contributed by atoms with Gasteiger partial charge in [-0.1, -0.05) is 42.5 Å². The van der Waals surface area contributed by atoms with E-state index in [1.54, 1.807) is 0 Å². The third-order valence-corrected chi connectivity index (χ3v) is 4.38. The van der Waals surface area contributed by atoms with E-state index in [0.717, 1.165) is 17.7 Å². The highest BCUT2D eigenvalue weighted by Crippen LogP contribution is 2.33. The molecule has 0 bridgehead atoms. The van der Waals surface area contributed by atoms with Gasteiger partial charge in [-0.25, -0.2) is 0 Å². The van der Waals surface area contributed by atoms with Crippen molar-refractivity contribution in [3.8, 4) is 0 Å². The van der Waals surface area contributed by atoms with Gasteiger partial charge in [0.05, 0.1) is 6.10 Å². The molecule has 3 heteroatoms. The average Bonchev–Trinajstić information content (AvgIpc) is 2.54. The molecule has 1 N–H and O–H groups in total. The molecule has 3 nitrogen and oxygen atoms in total. The molecule has 0 saturated carbocycles. The smallest absolute Gasteiger partial charge is 0.227 e. The van der Waals surface area contributed by atoms with E-state index in [0.29, 0.717) is 19.4 Å². The van der Waals surface area contributed by atoms with Crippen LogP contribution in [0.5, 0.6) is 0 Å². The first-order valence-electron chi connectivity index (χ1n) is 7.78. The van der Waals surface area contributed by atoms with Crippen LogP contribution in [-0.2, 0) is 11.2 Å². The Labute approximate surface area is 131 Å². The third kappa shape index (κ3) is 2.90. The molecule has 1 aliphatic rings. The van der Waals surface area contributed by atoms with Crippen molar-refractivity contribution in [2.75, 3.05) is 11.4 Å². The number of rotatable bonds is 3. The van der Waals surface area contributed by atoms with Crippen LogP contribution in [0.2, 0.25) is 0 Å². The molecule has 0 fully saturated rings. The second-order valence-corrected chi connectivity index (χ2v) is 5.84. The fraction of sp³-hybridized carbons (Fsp3) is 0.316. The molecular weight excluding hydrogens is 274 g/mol. The quantitative estimate of drug-likeness (QED) is 0.943. The summed E-state index contributed by atoms with van der Waals surface area (Å²) in [5.41, 5.74) is 4.17. The normalized spacial score (nSPS) is 17.2. The van der Waals surface area contributed by atoms with Crippen LogP contribution in [-0.4, -0.2) is 17.6 Å². The lowest BCUT2D eigenvalue weighted by molar-refractivity contribution is -0.118. The van der Waals surface area contributed by atoms with Gasteiger partial charge in [0.15, 0.2) is 0 Å². The summed E-state index contributed by atoms with van der Waals surface area (Å²) >= 11 is 0. The molecule has 1 amide bonds. The second kappa shape index (κ2) is 6.32. The van der Waals surface area contributed by atoms with Crippen molar-refractivity contribution >= 4 is 11.6 Å². The standard InChI is InChI=1S/C19H21NO2/c1-14-6-2-3-7-15(14)10-11-19(22)20-13-12-18(21)16-8-4-5-9-17(16)20/h2-9,18,21H,10-13H2,1H3. The Hall–Kier alpha value is -2.13. The highest BCUT2D eigenvalue weighted by molar-refractivity contribution is 5.94. The lowest BCUT2D eigenvalue weighted by Crippen LogP contribution is -2.36. The summed E-state index contributed by atoms with van der Waals surface area (Å²) in [5, 5.41) is 10.1. The molecular formula is C19H21NO2. The van der Waals surface area contributed by atoms with E-state index >= 15 is 0 Å². The first-order valence-corrected chi connectivity index (χ1v) is 7.78. The van der Waals surface area contributed by atoms with E-state index in [-0.39, 0.29) is 5.91 Å². The number of aryl methyl sites for hydroxylation is 2. The summed E-state index contributed by atoms with van der Waals surface area (Å²) in [6, 6.07) is 15.8. The zero-order valence-electron chi connectivity index (χ0n) is 12.8. The van der Waals surface area contributed by atoms with Crippen LogP contribution in [0.4, 0.5) is 5.69 Å². The molecule has 0 aliphatic carbocycles. The zero-order chi connectivity index (χ0) is 15.5. The summed E-state index contributed by atoms with van der Waals surface area (Å²) in [4.78, 5) is 14.4. The van der Waals surface area contributed by atoms with Crippen molar-refractivity contribution in [1.29, 1.82) is 0 Å². The minimum absolute atomic E-state index is 0.127. The number of hydrogen-bond acceptors (Lipinski definition) is 2. The van der Waals surface area contributed by atoms with Gasteiger partial charge >= 0.3 is 0 Å². The summed E-state index contributed by atoms with van der Waals surface area (Å²) in [6.45, 7) is 2.66. The fourth-order valence-corrected chi connectivity index (χ4v) is 3.07. The monoisotopic (exact) mass is 295 g/mol. The second-order valence-electron chi connectivity index (χ2n) is 5.84. The van der Waals surface area contributed by atoms with E-state index in [1.807, 2.05) is 41.3 Å². The molecule has 0 radical (unpaired) electrons. The van der Waals surface area contributed by atoms with Gasteiger partial charge in [0.2, 0.25) is 5.91 Å². The number of benzene rings is 2. The molecule has 3 rings (SSSR count). The van der Waals surface area contributed by atoms with Crippen LogP contribution in [0.3, 0.4) is 0 Å². The fourth-order valence-electron chi connectivity index (χ4n) is 3.07. The predicted molar refractivity (Wildman–Crippen MR) is 87.9 cm³/mol. The van der Waals surface area contributed by atoms with Crippen molar-refractivity contribution in [2.45, 2.75) is 32.3 Å². The maximum absolute atomic E-state index is 12.6. The average molecular weight is 295 g/mol. The van der Waals surface area contributed by atoms with Crippen molar-refractivity contribution in [3.05, 3.63) is 65.2 Å². The maximum atomic E-state index is 12.6. The number of carbonyl (C=O) groups excluding carboxylic acids is 1. The Morgan fingerprint density at radius 1 is 1.18 bits per heavy atom. The molecule has 1 aliphatic heterocycles. The van der Waals surface area contributed by atoms with Gasteiger partial charge in [-0.2, -0.15) is 0 Å². The van der Waals surface area contributed by atoms with Gasteiger partial charge in [-0.3, -0.25) is 4.79 Å². The largest absolute Gasteiger partial charge is 0.388 e. The zero-order valence-corrected chi connectivity index (χ0v) is 12.8.